The smallest absolute Gasteiger partial charge is 0.303 e. The van der Waals surface area contributed by atoms with Crippen LogP contribution in [0.4, 0.5) is 0 Å². The Kier molecular flexibility index (Phi) is 5.06. The van der Waals surface area contributed by atoms with E-state index in [-0.39, 0.29) is 12.3 Å². The molecule has 0 atom stereocenters. The summed E-state index contributed by atoms with van der Waals surface area (Å²) in [5, 5.41) is 13.2. The zero-order chi connectivity index (χ0) is 17.8. The third kappa shape index (κ3) is 3.84. The van der Waals surface area contributed by atoms with Crippen LogP contribution in [0.1, 0.15) is 47.2 Å². The van der Waals surface area contributed by atoms with E-state index in [1.165, 1.54) is 6.33 Å². The highest BCUT2D eigenvalue weighted by Crippen LogP contribution is 2.18. The van der Waals surface area contributed by atoms with Crippen molar-refractivity contribution in [2.24, 2.45) is 0 Å². The molecule has 0 unspecified atom stereocenters. The van der Waals surface area contributed by atoms with Gasteiger partial charge < -0.3 is 10.0 Å². The third-order valence-corrected chi connectivity index (χ3v) is 4.24. The molecule has 0 saturated carbocycles. The van der Waals surface area contributed by atoms with Gasteiger partial charge in [-0.25, -0.2) is 9.97 Å². The van der Waals surface area contributed by atoms with E-state index in [4.69, 9.17) is 5.11 Å². The molecule has 0 saturated heterocycles. The van der Waals surface area contributed by atoms with Crippen LogP contribution in [-0.4, -0.2) is 48.2 Å². The highest BCUT2D eigenvalue weighted by molar-refractivity contribution is 5.95. The minimum absolute atomic E-state index is 0.0564. The molecular weight excluding hydrogens is 322 g/mol. The Bertz CT molecular complexity index is 786. The number of aliphatic carboxylic acids is 1. The van der Waals surface area contributed by atoms with Gasteiger partial charge >= 0.3 is 5.97 Å². The zero-order valence-corrected chi connectivity index (χ0v) is 14.2. The number of aryl methyl sites for hydroxylation is 2. The van der Waals surface area contributed by atoms with Crippen LogP contribution in [0.25, 0.3) is 0 Å². The van der Waals surface area contributed by atoms with E-state index >= 15 is 0 Å². The normalized spacial score (nSPS) is 13.6. The van der Waals surface area contributed by atoms with Crippen molar-refractivity contribution < 1.29 is 14.7 Å². The van der Waals surface area contributed by atoms with Crippen molar-refractivity contribution in [2.45, 2.75) is 45.7 Å². The molecule has 1 aliphatic rings. The fraction of sp³-hybridized carbons (Fsp3) is 0.471. The van der Waals surface area contributed by atoms with Gasteiger partial charge in [-0.1, -0.05) is 13.3 Å². The van der Waals surface area contributed by atoms with Crippen LogP contribution >= 0.6 is 0 Å². The van der Waals surface area contributed by atoms with E-state index in [0.29, 0.717) is 31.6 Å². The van der Waals surface area contributed by atoms with Gasteiger partial charge in [0.2, 0.25) is 0 Å². The second-order valence-corrected chi connectivity index (χ2v) is 6.10. The maximum atomic E-state index is 12.9. The van der Waals surface area contributed by atoms with Crippen LogP contribution in [0, 0.1) is 0 Å². The molecule has 0 spiro atoms. The lowest BCUT2D eigenvalue weighted by Crippen LogP contribution is -2.39. The average Bonchev–Trinajstić information content (AvgIpc) is 3.02. The summed E-state index contributed by atoms with van der Waals surface area (Å²) >= 11 is 0. The summed E-state index contributed by atoms with van der Waals surface area (Å²) in [4.78, 5) is 33.6. The van der Waals surface area contributed by atoms with Crippen LogP contribution < -0.4 is 0 Å². The molecular formula is C17H21N5O3. The summed E-state index contributed by atoms with van der Waals surface area (Å²) in [6.45, 7) is 3.67. The monoisotopic (exact) mass is 343 g/mol. The molecule has 0 aromatic carbocycles. The Morgan fingerprint density at radius 2 is 2.12 bits per heavy atom. The molecule has 8 nitrogen and oxygen atoms in total. The molecule has 0 radical (unpaired) electrons. The van der Waals surface area contributed by atoms with Gasteiger partial charge in [0, 0.05) is 19.2 Å². The molecule has 2 aromatic rings. The van der Waals surface area contributed by atoms with E-state index in [2.05, 4.69) is 22.0 Å². The van der Waals surface area contributed by atoms with Crippen molar-refractivity contribution in [3.63, 3.8) is 0 Å². The van der Waals surface area contributed by atoms with Crippen molar-refractivity contribution in [3.8, 4) is 0 Å². The molecule has 2 aromatic heterocycles. The highest BCUT2D eigenvalue weighted by Gasteiger charge is 2.25. The fourth-order valence-electron chi connectivity index (χ4n) is 3.00. The lowest BCUT2D eigenvalue weighted by Gasteiger charge is -2.28. The predicted molar refractivity (Wildman–Crippen MR) is 89.0 cm³/mol. The number of carboxylic acids is 1. The van der Waals surface area contributed by atoms with Gasteiger partial charge in [-0.2, -0.15) is 5.10 Å². The van der Waals surface area contributed by atoms with Crippen LogP contribution in [0.2, 0.25) is 0 Å². The van der Waals surface area contributed by atoms with Crippen LogP contribution in [0.15, 0.2) is 18.6 Å². The minimum atomic E-state index is -0.838. The number of rotatable bonds is 6. The molecule has 0 bridgehead atoms. The maximum absolute atomic E-state index is 12.9. The Balaban J connectivity index is 1.74. The first-order valence-corrected chi connectivity index (χ1v) is 8.44. The van der Waals surface area contributed by atoms with E-state index in [1.54, 1.807) is 11.1 Å². The first-order chi connectivity index (χ1) is 12.1. The summed E-state index contributed by atoms with van der Waals surface area (Å²) in [6, 6.07) is 1.89. The topological polar surface area (TPSA) is 101 Å². The van der Waals surface area contributed by atoms with E-state index < -0.39 is 5.97 Å². The largest absolute Gasteiger partial charge is 0.481 e. The quantitative estimate of drug-likeness (QED) is 0.848. The third-order valence-electron chi connectivity index (χ3n) is 4.24. The molecule has 1 N–H and O–H groups in total. The number of nitrogens with zero attached hydrogens (tertiary/aromatic N) is 5. The Labute approximate surface area is 145 Å². The van der Waals surface area contributed by atoms with Crippen molar-refractivity contribution in [2.75, 3.05) is 6.54 Å². The molecule has 1 amide bonds. The van der Waals surface area contributed by atoms with Gasteiger partial charge in [-0.15, -0.1) is 0 Å². The van der Waals surface area contributed by atoms with Gasteiger partial charge in [-0.3, -0.25) is 14.3 Å². The lowest BCUT2D eigenvalue weighted by molar-refractivity contribution is -0.136. The summed E-state index contributed by atoms with van der Waals surface area (Å²) < 4.78 is 1.86. The number of carbonyl (C=O) groups is 2. The molecule has 132 valence electrons. The zero-order valence-electron chi connectivity index (χ0n) is 14.2. The first kappa shape index (κ1) is 17.1. The molecule has 0 aliphatic carbocycles. The molecule has 1 aliphatic heterocycles. The number of carbonyl (C=O) groups excluding carboxylic acids is 1. The Hall–Kier alpha value is -2.77. The van der Waals surface area contributed by atoms with Crippen LogP contribution in [0.5, 0.6) is 0 Å². The maximum Gasteiger partial charge on any atom is 0.303 e. The van der Waals surface area contributed by atoms with Crippen molar-refractivity contribution in [3.05, 3.63) is 41.2 Å². The van der Waals surface area contributed by atoms with E-state index in [1.807, 2.05) is 10.7 Å². The Morgan fingerprint density at radius 3 is 2.88 bits per heavy atom. The molecule has 3 rings (SSSR count). The average molecular weight is 343 g/mol. The van der Waals surface area contributed by atoms with Gasteiger partial charge in [-0.05, 0) is 12.5 Å². The number of fused-ring (bicyclic) bond motifs is 1. The fourth-order valence-corrected chi connectivity index (χ4v) is 3.00. The predicted octanol–water partition coefficient (Wildman–Crippen LogP) is 1.30. The summed E-state index contributed by atoms with van der Waals surface area (Å²) in [7, 11) is 0. The summed E-state index contributed by atoms with van der Waals surface area (Å²) in [5.74, 6) is -0.904. The number of amides is 1. The number of hydrogen-bond acceptors (Lipinski definition) is 5. The second-order valence-electron chi connectivity index (χ2n) is 6.10. The molecule has 0 fully saturated rings. The van der Waals surface area contributed by atoms with Gasteiger partial charge in [0.1, 0.15) is 6.33 Å². The molecule has 25 heavy (non-hydrogen) atoms. The van der Waals surface area contributed by atoms with Crippen molar-refractivity contribution >= 4 is 11.9 Å². The lowest BCUT2D eigenvalue weighted by atomic mass is 10.1. The van der Waals surface area contributed by atoms with Gasteiger partial charge in [0.05, 0.1) is 42.2 Å². The van der Waals surface area contributed by atoms with Crippen LogP contribution in [-0.2, 0) is 30.7 Å². The van der Waals surface area contributed by atoms with Gasteiger partial charge in [0.15, 0.2) is 0 Å². The highest BCUT2D eigenvalue weighted by atomic mass is 16.4. The van der Waals surface area contributed by atoms with E-state index in [0.717, 1.165) is 29.9 Å². The first-order valence-electron chi connectivity index (χ1n) is 8.44. The second kappa shape index (κ2) is 7.42. The number of carboxylic acid groups (broad SMARTS) is 1. The van der Waals surface area contributed by atoms with E-state index in [9.17, 15) is 9.59 Å². The standard InChI is InChI=1S/C17H21N5O3/c1-2-3-15-14(9-18-11-19-15)17(25)21-6-7-22-13(10-21)8-12(20-22)4-5-16(23)24/h8-9,11H,2-7,10H2,1H3,(H,23,24). The SMILES string of the molecule is CCCc1ncncc1C(=O)N1CCn2nc(CCC(=O)O)cc2C1. The summed E-state index contributed by atoms with van der Waals surface area (Å²) in [6.07, 6.45) is 5.18. The summed E-state index contributed by atoms with van der Waals surface area (Å²) in [5.41, 5.74) is 3.02. The van der Waals surface area contributed by atoms with Crippen molar-refractivity contribution in [1.29, 1.82) is 0 Å². The van der Waals surface area contributed by atoms with Crippen LogP contribution in [0.3, 0.4) is 0 Å². The number of aromatic nitrogens is 4. The van der Waals surface area contributed by atoms with Gasteiger partial charge in [0.25, 0.3) is 5.91 Å². The minimum Gasteiger partial charge on any atom is -0.481 e. The number of hydrogen-bond donors (Lipinski definition) is 1. The van der Waals surface area contributed by atoms with Crippen molar-refractivity contribution in [1.82, 2.24) is 24.6 Å². The Morgan fingerprint density at radius 1 is 1.28 bits per heavy atom. The molecule has 3 heterocycles. The molecule has 8 heteroatoms.